The van der Waals surface area contributed by atoms with Crippen LogP contribution in [-0.2, 0) is 9.47 Å². The first kappa shape index (κ1) is 14.6. The Morgan fingerprint density at radius 1 is 1.33 bits per heavy atom. The monoisotopic (exact) mass is 426 g/mol. The molecule has 0 aliphatic heterocycles. The van der Waals surface area contributed by atoms with Gasteiger partial charge in [0.15, 0.2) is 0 Å². The van der Waals surface area contributed by atoms with Crippen molar-refractivity contribution in [3.63, 3.8) is 0 Å². The van der Waals surface area contributed by atoms with Crippen molar-refractivity contribution in [3.05, 3.63) is 27.8 Å². The Hall–Kier alpha value is 0.150. The standard InChI is InChI=1S/C13H16BrIO3/c1-16-6-7-17-13-9(14)8-12(13)18-11-5-3-2-4-10(11)15/h2-5,9,12-13H,6-8H2,1H3. The van der Waals surface area contributed by atoms with Crippen LogP contribution in [0, 0.1) is 3.57 Å². The van der Waals surface area contributed by atoms with Crippen LogP contribution in [0.5, 0.6) is 5.75 Å². The van der Waals surface area contributed by atoms with E-state index < -0.39 is 0 Å². The van der Waals surface area contributed by atoms with Gasteiger partial charge in [-0.3, -0.25) is 0 Å². The predicted octanol–water partition coefficient (Wildman–Crippen LogP) is 3.24. The molecule has 3 unspecified atom stereocenters. The third-order valence-electron chi connectivity index (χ3n) is 2.89. The van der Waals surface area contributed by atoms with Crippen molar-refractivity contribution in [3.8, 4) is 5.75 Å². The summed E-state index contributed by atoms with van der Waals surface area (Å²) in [6.07, 6.45) is 1.21. The van der Waals surface area contributed by atoms with Gasteiger partial charge in [-0.25, -0.2) is 0 Å². The molecular weight excluding hydrogens is 411 g/mol. The summed E-state index contributed by atoms with van der Waals surface area (Å²) >= 11 is 5.89. The fraction of sp³-hybridized carbons (Fsp3) is 0.538. The lowest BCUT2D eigenvalue weighted by Gasteiger charge is -2.41. The summed E-state index contributed by atoms with van der Waals surface area (Å²) in [6, 6.07) is 8.04. The van der Waals surface area contributed by atoms with Crippen molar-refractivity contribution in [2.45, 2.75) is 23.5 Å². The van der Waals surface area contributed by atoms with Crippen LogP contribution in [0.25, 0.3) is 0 Å². The summed E-state index contributed by atoms with van der Waals surface area (Å²) in [5.74, 6) is 0.933. The first-order valence-electron chi connectivity index (χ1n) is 5.88. The molecule has 0 amide bonds. The maximum Gasteiger partial charge on any atom is 0.133 e. The molecule has 0 radical (unpaired) electrons. The number of para-hydroxylation sites is 1. The number of hydrogen-bond donors (Lipinski definition) is 0. The topological polar surface area (TPSA) is 27.7 Å². The van der Waals surface area contributed by atoms with E-state index in [1.165, 1.54) is 0 Å². The van der Waals surface area contributed by atoms with Crippen molar-refractivity contribution in [1.29, 1.82) is 0 Å². The third-order valence-corrected chi connectivity index (χ3v) is 4.68. The summed E-state index contributed by atoms with van der Waals surface area (Å²) in [4.78, 5) is 0.376. The van der Waals surface area contributed by atoms with Crippen molar-refractivity contribution in [1.82, 2.24) is 0 Å². The number of benzene rings is 1. The maximum atomic E-state index is 5.99. The van der Waals surface area contributed by atoms with E-state index in [0.717, 1.165) is 15.7 Å². The van der Waals surface area contributed by atoms with E-state index in [2.05, 4.69) is 38.5 Å². The van der Waals surface area contributed by atoms with Crippen molar-refractivity contribution in [2.24, 2.45) is 0 Å². The third kappa shape index (κ3) is 3.59. The molecule has 0 bridgehead atoms. The average Bonchev–Trinajstić information content (AvgIpc) is 2.36. The van der Waals surface area contributed by atoms with Gasteiger partial charge in [0.25, 0.3) is 0 Å². The van der Waals surface area contributed by atoms with E-state index in [1.54, 1.807) is 7.11 Å². The summed E-state index contributed by atoms with van der Waals surface area (Å²) in [7, 11) is 1.68. The number of alkyl halides is 1. The van der Waals surface area contributed by atoms with E-state index >= 15 is 0 Å². The molecule has 1 aromatic rings. The Kier molecular flexibility index (Phi) is 5.72. The van der Waals surface area contributed by atoms with Crippen molar-refractivity contribution in [2.75, 3.05) is 20.3 Å². The Morgan fingerprint density at radius 3 is 2.78 bits per heavy atom. The molecular formula is C13H16BrIO3. The second-order valence-electron chi connectivity index (χ2n) is 4.17. The van der Waals surface area contributed by atoms with Crippen LogP contribution >= 0.6 is 38.5 Å². The van der Waals surface area contributed by atoms with Gasteiger partial charge in [0.05, 0.1) is 16.8 Å². The summed E-state index contributed by atoms with van der Waals surface area (Å²) < 4.78 is 17.9. The number of hydrogen-bond acceptors (Lipinski definition) is 3. The Balaban J connectivity index is 1.88. The molecule has 1 aliphatic rings. The molecule has 5 heteroatoms. The molecule has 0 saturated heterocycles. The first-order valence-corrected chi connectivity index (χ1v) is 7.87. The first-order chi connectivity index (χ1) is 8.72. The molecule has 1 fully saturated rings. The molecule has 0 N–H and O–H groups in total. The number of halogens is 2. The van der Waals surface area contributed by atoms with Crippen LogP contribution in [-0.4, -0.2) is 37.4 Å². The minimum Gasteiger partial charge on any atom is -0.487 e. The molecule has 100 valence electrons. The van der Waals surface area contributed by atoms with Gasteiger partial charge in [-0.1, -0.05) is 28.1 Å². The van der Waals surface area contributed by atoms with Crippen LogP contribution in [0.2, 0.25) is 0 Å². The molecule has 3 atom stereocenters. The summed E-state index contributed by atoms with van der Waals surface area (Å²) in [5.41, 5.74) is 0. The zero-order valence-electron chi connectivity index (χ0n) is 10.1. The van der Waals surface area contributed by atoms with Crippen molar-refractivity contribution >= 4 is 38.5 Å². The molecule has 2 rings (SSSR count). The minimum atomic E-state index is 0.108. The molecule has 1 aromatic carbocycles. The second-order valence-corrected chi connectivity index (χ2v) is 6.50. The van der Waals surface area contributed by atoms with Gasteiger partial charge in [0.2, 0.25) is 0 Å². The molecule has 0 aromatic heterocycles. The van der Waals surface area contributed by atoms with E-state index in [9.17, 15) is 0 Å². The lowest BCUT2D eigenvalue weighted by atomic mass is 9.91. The molecule has 18 heavy (non-hydrogen) atoms. The highest BCUT2D eigenvalue weighted by Gasteiger charge is 2.42. The molecule has 1 aliphatic carbocycles. The van der Waals surface area contributed by atoms with E-state index in [4.69, 9.17) is 14.2 Å². The van der Waals surface area contributed by atoms with E-state index in [0.29, 0.717) is 18.0 Å². The summed E-state index contributed by atoms with van der Waals surface area (Å²) in [6.45, 7) is 1.22. The van der Waals surface area contributed by atoms with Crippen LogP contribution in [0.3, 0.4) is 0 Å². The fourth-order valence-corrected chi connectivity index (χ4v) is 3.20. The normalized spacial score (nSPS) is 26.7. The quantitative estimate of drug-likeness (QED) is 0.397. The number of ether oxygens (including phenoxy) is 3. The zero-order valence-corrected chi connectivity index (χ0v) is 13.9. The largest absolute Gasteiger partial charge is 0.487 e. The summed E-state index contributed by atoms with van der Waals surface area (Å²) in [5, 5.41) is 0. The maximum absolute atomic E-state index is 5.99. The highest BCUT2D eigenvalue weighted by Crippen LogP contribution is 2.35. The molecule has 3 nitrogen and oxygen atoms in total. The Bertz CT molecular complexity index is 388. The zero-order chi connectivity index (χ0) is 13.0. The lowest BCUT2D eigenvalue weighted by molar-refractivity contribution is -0.0868. The SMILES string of the molecule is COCCOC1C(Br)CC1Oc1ccccc1I. The number of rotatable bonds is 6. The molecule has 0 heterocycles. The molecule has 1 saturated carbocycles. The number of methoxy groups -OCH3 is 1. The molecule has 0 spiro atoms. The van der Waals surface area contributed by atoms with Crippen LogP contribution in [0.4, 0.5) is 0 Å². The van der Waals surface area contributed by atoms with Crippen LogP contribution in [0.15, 0.2) is 24.3 Å². The van der Waals surface area contributed by atoms with Crippen molar-refractivity contribution < 1.29 is 14.2 Å². The van der Waals surface area contributed by atoms with Gasteiger partial charge in [0.1, 0.15) is 18.0 Å². The van der Waals surface area contributed by atoms with Gasteiger partial charge in [-0.2, -0.15) is 0 Å². The van der Waals surface area contributed by atoms with Gasteiger partial charge < -0.3 is 14.2 Å². The predicted molar refractivity (Wildman–Crippen MR) is 82.5 cm³/mol. The van der Waals surface area contributed by atoms with Crippen LogP contribution < -0.4 is 4.74 Å². The fourth-order valence-electron chi connectivity index (χ4n) is 1.83. The van der Waals surface area contributed by atoms with E-state index in [1.807, 2.05) is 24.3 Å². The van der Waals surface area contributed by atoms with Gasteiger partial charge in [0, 0.05) is 18.4 Å². The highest BCUT2D eigenvalue weighted by atomic mass is 127. The lowest BCUT2D eigenvalue weighted by Crippen LogP contribution is -2.52. The van der Waals surface area contributed by atoms with Gasteiger partial charge in [-0.05, 0) is 34.7 Å². The van der Waals surface area contributed by atoms with Gasteiger partial charge in [-0.15, -0.1) is 0 Å². The van der Waals surface area contributed by atoms with E-state index in [-0.39, 0.29) is 12.2 Å². The highest BCUT2D eigenvalue weighted by molar-refractivity contribution is 14.1. The second kappa shape index (κ2) is 7.07. The van der Waals surface area contributed by atoms with Crippen LogP contribution in [0.1, 0.15) is 6.42 Å². The van der Waals surface area contributed by atoms with Gasteiger partial charge >= 0.3 is 0 Å². The minimum absolute atomic E-state index is 0.108. The Morgan fingerprint density at radius 2 is 2.11 bits per heavy atom. The average molecular weight is 427 g/mol. The smallest absolute Gasteiger partial charge is 0.133 e. The Labute approximate surface area is 129 Å².